The molecule has 3 heteroatoms. The molecule has 8 rings (SSSR count). The molecule has 45 heavy (non-hydrogen) atoms. The van der Waals surface area contributed by atoms with E-state index in [1.54, 1.807) is 0 Å². The van der Waals surface area contributed by atoms with Crippen LogP contribution < -0.4 is 31.8 Å². The van der Waals surface area contributed by atoms with Crippen LogP contribution in [0.2, 0.25) is 0 Å². The first-order valence-corrected chi connectivity index (χ1v) is 17.6. The van der Waals surface area contributed by atoms with Crippen LogP contribution in [0.4, 0.5) is 0 Å². The van der Waals surface area contributed by atoms with Crippen LogP contribution in [0.5, 0.6) is 0 Å². The maximum Gasteiger partial charge on any atom is 0 e. The van der Waals surface area contributed by atoms with Crippen LogP contribution in [0.25, 0.3) is 21.5 Å². The topological polar surface area (TPSA) is 0 Å². The Hall–Kier alpha value is -3.73. The molecule has 0 spiro atoms. The summed E-state index contributed by atoms with van der Waals surface area (Å²) in [5, 5.41) is 13.8. The van der Waals surface area contributed by atoms with Gasteiger partial charge in [0.2, 0.25) is 0 Å². The second kappa shape index (κ2) is 15.0. The molecule has 8 aromatic carbocycles. The van der Waals surface area contributed by atoms with Crippen molar-refractivity contribution in [1.29, 1.82) is 0 Å². The zero-order valence-corrected chi connectivity index (χ0v) is 30.3. The summed E-state index contributed by atoms with van der Waals surface area (Å²) >= 11 is 0. The summed E-state index contributed by atoms with van der Waals surface area (Å²) in [6.07, 6.45) is 0. The van der Waals surface area contributed by atoms with Gasteiger partial charge in [-0.25, -0.2) is 0 Å². The Morgan fingerprint density at radius 1 is 0.311 bits per heavy atom. The van der Waals surface area contributed by atoms with Gasteiger partial charge in [0.05, 0.1) is 0 Å². The van der Waals surface area contributed by atoms with E-state index in [0.29, 0.717) is 0 Å². The van der Waals surface area contributed by atoms with E-state index in [-0.39, 0.29) is 25.8 Å². The van der Waals surface area contributed by atoms with Crippen molar-refractivity contribution in [3.05, 3.63) is 194 Å². The molecule has 0 saturated heterocycles. The van der Waals surface area contributed by atoms with Crippen molar-refractivity contribution in [2.75, 3.05) is 0 Å². The quantitative estimate of drug-likeness (QED) is 0.0902. The smallest absolute Gasteiger partial charge is 0 e. The molecule has 216 valence electrons. The Morgan fingerprint density at radius 2 is 0.578 bits per heavy atom. The van der Waals surface area contributed by atoms with E-state index in [1.165, 1.54) is 53.4 Å². The molecule has 0 unspecified atom stereocenters. The predicted octanol–water partition coefficient (Wildman–Crippen LogP) is 8.63. The monoisotopic (exact) mass is 778 g/mol. The molecule has 0 aromatic heterocycles. The number of benzene rings is 6. The summed E-state index contributed by atoms with van der Waals surface area (Å²) < 4.78 is 0. The fourth-order valence-electron chi connectivity index (χ4n) is 5.73. The summed E-state index contributed by atoms with van der Waals surface area (Å²) in [6.45, 7) is 0. The van der Waals surface area contributed by atoms with E-state index in [0.717, 1.165) is 0 Å². The minimum Gasteiger partial charge on any atom is -0.160 e. The van der Waals surface area contributed by atoms with Crippen LogP contribution in [-0.2, 0) is 25.8 Å². The van der Waals surface area contributed by atoms with Gasteiger partial charge in [0.25, 0.3) is 0 Å². The number of hydrogen-bond donors (Lipinski definition) is 0. The van der Waals surface area contributed by atoms with Crippen LogP contribution in [0.15, 0.2) is 194 Å². The van der Waals surface area contributed by atoms with E-state index in [1.807, 2.05) is 0 Å². The fraction of sp³-hybridized carbons (Fsp3) is 0. The van der Waals surface area contributed by atoms with Crippen molar-refractivity contribution in [2.24, 2.45) is 0 Å². The Morgan fingerprint density at radius 3 is 0.867 bits per heavy atom. The van der Waals surface area contributed by atoms with Crippen molar-refractivity contribution in [3.8, 4) is 0 Å². The SMILES string of the molecule is [Hf].c1ccc(P(c2ccccc2)c2cc3ccccc3[cH-]2)cc1.c1ccc(P(c2ccccc2)c2cc3ccccc3[cH-]2)cc1. The van der Waals surface area contributed by atoms with Crippen LogP contribution in [0.1, 0.15) is 0 Å². The average molecular weight is 777 g/mol. The van der Waals surface area contributed by atoms with E-state index in [9.17, 15) is 0 Å². The van der Waals surface area contributed by atoms with E-state index in [4.69, 9.17) is 0 Å². The van der Waals surface area contributed by atoms with Crippen LogP contribution >= 0.6 is 15.8 Å². The van der Waals surface area contributed by atoms with Gasteiger partial charge in [0.15, 0.2) is 0 Å². The third-order valence-corrected chi connectivity index (χ3v) is 12.6. The summed E-state index contributed by atoms with van der Waals surface area (Å²) in [6, 6.07) is 70.0. The Balaban J connectivity index is 0.000000155. The van der Waals surface area contributed by atoms with Crippen molar-refractivity contribution >= 4 is 69.2 Å². The molecule has 0 fully saturated rings. The summed E-state index contributed by atoms with van der Waals surface area (Å²) in [7, 11) is -0.986. The van der Waals surface area contributed by atoms with Crippen LogP contribution in [0, 0.1) is 0 Å². The second-order valence-electron chi connectivity index (χ2n) is 10.7. The van der Waals surface area contributed by atoms with Crippen molar-refractivity contribution in [2.45, 2.75) is 0 Å². The van der Waals surface area contributed by atoms with Crippen LogP contribution in [0.3, 0.4) is 0 Å². The summed E-state index contributed by atoms with van der Waals surface area (Å²) in [5.74, 6) is 0. The Labute approximate surface area is 287 Å². The van der Waals surface area contributed by atoms with Crippen molar-refractivity contribution in [3.63, 3.8) is 0 Å². The van der Waals surface area contributed by atoms with Crippen LogP contribution in [-0.4, -0.2) is 0 Å². The van der Waals surface area contributed by atoms with Crippen molar-refractivity contribution < 1.29 is 25.8 Å². The first-order valence-electron chi connectivity index (χ1n) is 14.9. The van der Waals surface area contributed by atoms with Gasteiger partial charge in [-0.3, -0.25) is 0 Å². The maximum absolute atomic E-state index is 2.35. The minimum absolute atomic E-state index is 0. The van der Waals surface area contributed by atoms with E-state index >= 15 is 0 Å². The van der Waals surface area contributed by atoms with Gasteiger partial charge in [-0.1, -0.05) is 133 Å². The third kappa shape index (κ3) is 7.24. The summed E-state index contributed by atoms with van der Waals surface area (Å²) in [5.41, 5.74) is 0. The molecule has 0 aliphatic heterocycles. The molecule has 0 aliphatic rings. The van der Waals surface area contributed by atoms with Crippen molar-refractivity contribution in [1.82, 2.24) is 0 Å². The molecule has 0 heterocycles. The van der Waals surface area contributed by atoms with Gasteiger partial charge < -0.3 is 0 Å². The molecule has 0 atom stereocenters. The molecule has 0 radical (unpaired) electrons. The number of rotatable bonds is 6. The zero-order valence-electron chi connectivity index (χ0n) is 24.9. The van der Waals surface area contributed by atoms with E-state index in [2.05, 4.69) is 194 Å². The zero-order chi connectivity index (χ0) is 29.6. The molecule has 0 amide bonds. The van der Waals surface area contributed by atoms with Gasteiger partial charge in [-0.15, -0.1) is 80.7 Å². The Kier molecular flexibility index (Phi) is 10.4. The molecule has 0 saturated carbocycles. The second-order valence-corrected chi connectivity index (χ2v) is 15.1. The normalized spacial score (nSPS) is 10.9. The number of hydrogen-bond acceptors (Lipinski definition) is 0. The average Bonchev–Trinajstić information content (AvgIpc) is 3.72. The predicted molar refractivity (Wildman–Crippen MR) is 196 cm³/mol. The first-order chi connectivity index (χ1) is 21.8. The molecular weight excluding hydrogens is 745 g/mol. The first kappa shape index (κ1) is 31.3. The third-order valence-electron chi connectivity index (χ3n) is 7.78. The Bertz CT molecular complexity index is 1770. The standard InChI is InChI=1S/2C21H16P.Hf/c2*1-3-11-19(12-4-1)22(20-13-5-2-6-14-20)21-15-17-9-7-8-10-18(17)16-21;/h2*1-16H;/q2*-1;. The number of fused-ring (bicyclic) bond motifs is 2. The molecule has 0 aliphatic carbocycles. The van der Waals surface area contributed by atoms with E-state index < -0.39 is 15.8 Å². The minimum atomic E-state index is -0.493. The maximum atomic E-state index is 2.35. The largest absolute Gasteiger partial charge is 0.160 e. The summed E-state index contributed by atoms with van der Waals surface area (Å²) in [4.78, 5) is 0. The van der Waals surface area contributed by atoms with Gasteiger partial charge in [0, 0.05) is 25.8 Å². The van der Waals surface area contributed by atoms with Gasteiger partial charge in [0.1, 0.15) is 0 Å². The molecular formula is C42H32HfP2-2. The molecule has 0 N–H and O–H groups in total. The molecule has 0 nitrogen and oxygen atoms in total. The van der Waals surface area contributed by atoms with Gasteiger partial charge in [-0.05, 0) is 37.1 Å². The molecule has 8 aromatic rings. The fourth-order valence-corrected chi connectivity index (χ4v) is 10.5. The van der Waals surface area contributed by atoms with Gasteiger partial charge >= 0.3 is 0 Å². The van der Waals surface area contributed by atoms with Gasteiger partial charge in [-0.2, -0.15) is 12.1 Å². The molecule has 0 bridgehead atoms.